The van der Waals surface area contributed by atoms with Gasteiger partial charge < -0.3 is 14.4 Å². The Morgan fingerprint density at radius 2 is 2.10 bits per heavy atom. The smallest absolute Gasteiger partial charge is 0.206 e. The zero-order valence-electron chi connectivity index (χ0n) is 11.3. The van der Waals surface area contributed by atoms with Gasteiger partial charge in [-0.05, 0) is 18.2 Å². The van der Waals surface area contributed by atoms with E-state index in [-0.39, 0.29) is 6.35 Å². The van der Waals surface area contributed by atoms with E-state index in [1.54, 1.807) is 0 Å². The van der Waals surface area contributed by atoms with Crippen molar-refractivity contribution in [1.82, 2.24) is 15.1 Å². The van der Waals surface area contributed by atoms with E-state index in [9.17, 15) is 0 Å². The molecule has 2 aliphatic heterocycles. The summed E-state index contributed by atoms with van der Waals surface area (Å²) in [4.78, 5) is 2.35. The van der Waals surface area contributed by atoms with Crippen LogP contribution in [-0.2, 0) is 9.47 Å². The van der Waals surface area contributed by atoms with Gasteiger partial charge in [0.2, 0.25) is 6.35 Å². The second kappa shape index (κ2) is 5.05. The van der Waals surface area contributed by atoms with Crippen molar-refractivity contribution in [3.05, 3.63) is 24.4 Å². The van der Waals surface area contributed by atoms with Gasteiger partial charge in [0, 0.05) is 30.7 Å². The summed E-state index contributed by atoms with van der Waals surface area (Å²) in [7, 11) is 0. The maximum atomic E-state index is 5.61. The summed E-state index contributed by atoms with van der Waals surface area (Å²) in [6.07, 6.45) is 1.77. The summed E-state index contributed by atoms with van der Waals surface area (Å²) >= 11 is 0. The number of aromatic nitrogens is 2. The number of nitrogens with zero attached hydrogens (tertiary/aromatic N) is 3. The number of ether oxygens (including phenoxy) is 2. The molecule has 1 unspecified atom stereocenters. The minimum Gasteiger partial charge on any atom is -0.378 e. The summed E-state index contributed by atoms with van der Waals surface area (Å²) in [6, 6.07) is 6.47. The Hall–Kier alpha value is -1.63. The van der Waals surface area contributed by atoms with Crippen LogP contribution in [0.4, 0.5) is 5.69 Å². The summed E-state index contributed by atoms with van der Waals surface area (Å²) in [6.45, 7) is 5.11. The van der Waals surface area contributed by atoms with Crippen LogP contribution in [-0.4, -0.2) is 49.2 Å². The van der Waals surface area contributed by atoms with E-state index in [0.717, 1.165) is 50.4 Å². The number of rotatable bonds is 2. The molecule has 0 saturated carbocycles. The number of fused-ring (bicyclic) bond motifs is 1. The molecule has 0 spiro atoms. The molecule has 2 aromatic rings. The molecule has 2 saturated heterocycles. The highest BCUT2D eigenvalue weighted by atomic mass is 16.5. The fourth-order valence-corrected chi connectivity index (χ4v) is 2.81. The minimum atomic E-state index is -0.137. The number of nitrogens with one attached hydrogen (secondary N) is 1. The first-order valence-corrected chi connectivity index (χ1v) is 7.07. The van der Waals surface area contributed by atoms with Crippen molar-refractivity contribution >= 4 is 16.6 Å². The molecule has 20 heavy (non-hydrogen) atoms. The lowest BCUT2D eigenvalue weighted by molar-refractivity contribution is 0.0380. The van der Waals surface area contributed by atoms with Gasteiger partial charge in [-0.15, -0.1) is 0 Å². The van der Waals surface area contributed by atoms with Gasteiger partial charge in [0.05, 0.1) is 31.5 Å². The van der Waals surface area contributed by atoms with Crippen molar-refractivity contribution in [1.29, 1.82) is 0 Å². The van der Waals surface area contributed by atoms with Crippen LogP contribution < -0.4 is 10.2 Å². The first-order chi connectivity index (χ1) is 9.92. The van der Waals surface area contributed by atoms with Gasteiger partial charge in [-0.3, -0.25) is 5.32 Å². The van der Waals surface area contributed by atoms with Crippen LogP contribution in [0.1, 0.15) is 6.35 Å². The van der Waals surface area contributed by atoms with E-state index in [4.69, 9.17) is 9.47 Å². The standard InChI is InChI=1S/C14H18N4O2/c1-2-13-11(9-12(1)17-4-7-19-8-5-17)10-16-18(13)14-15-3-6-20-14/h1-2,9-10,14-15H,3-8H2. The minimum absolute atomic E-state index is 0.137. The highest BCUT2D eigenvalue weighted by molar-refractivity contribution is 5.82. The molecule has 1 aromatic carbocycles. The van der Waals surface area contributed by atoms with Crippen LogP contribution >= 0.6 is 0 Å². The lowest BCUT2D eigenvalue weighted by Gasteiger charge is -2.28. The van der Waals surface area contributed by atoms with Crippen LogP contribution in [0.15, 0.2) is 24.4 Å². The quantitative estimate of drug-likeness (QED) is 0.883. The maximum absolute atomic E-state index is 5.61. The number of anilines is 1. The predicted octanol–water partition coefficient (Wildman–Crippen LogP) is 0.949. The number of benzene rings is 1. The van der Waals surface area contributed by atoms with Gasteiger partial charge in [0.25, 0.3) is 0 Å². The average Bonchev–Trinajstić information content (AvgIpc) is 3.16. The van der Waals surface area contributed by atoms with Gasteiger partial charge in [0.1, 0.15) is 0 Å². The molecule has 2 aliphatic rings. The molecular formula is C14H18N4O2. The SMILES string of the molecule is c1cc2c(cnn2C2NCCO2)cc1N1CCOCC1. The molecule has 6 nitrogen and oxygen atoms in total. The van der Waals surface area contributed by atoms with E-state index in [0.29, 0.717) is 0 Å². The second-order valence-electron chi connectivity index (χ2n) is 5.11. The third-order valence-electron chi connectivity index (χ3n) is 3.87. The number of morpholine rings is 1. The third kappa shape index (κ3) is 2.06. The molecule has 4 rings (SSSR count). The summed E-state index contributed by atoms with van der Waals surface area (Å²) in [5.74, 6) is 0. The average molecular weight is 274 g/mol. The normalized spacial score (nSPS) is 23.6. The lowest BCUT2D eigenvalue weighted by atomic mass is 10.2. The van der Waals surface area contributed by atoms with Crippen LogP contribution in [0.3, 0.4) is 0 Å². The van der Waals surface area contributed by atoms with Crippen LogP contribution in [0.25, 0.3) is 10.9 Å². The first kappa shape index (κ1) is 12.1. The molecule has 1 atom stereocenters. The second-order valence-corrected chi connectivity index (χ2v) is 5.11. The molecule has 0 bridgehead atoms. The first-order valence-electron chi connectivity index (χ1n) is 7.07. The molecular weight excluding hydrogens is 256 g/mol. The molecule has 6 heteroatoms. The Morgan fingerprint density at radius 3 is 2.90 bits per heavy atom. The van der Waals surface area contributed by atoms with Crippen molar-refractivity contribution in [2.45, 2.75) is 6.35 Å². The van der Waals surface area contributed by atoms with Gasteiger partial charge >= 0.3 is 0 Å². The number of hydrogen-bond donors (Lipinski definition) is 1. The van der Waals surface area contributed by atoms with Crippen molar-refractivity contribution in [3.63, 3.8) is 0 Å². The Kier molecular flexibility index (Phi) is 3.06. The summed E-state index contributed by atoms with van der Waals surface area (Å²) in [5.41, 5.74) is 2.34. The van der Waals surface area contributed by atoms with Gasteiger partial charge in [0.15, 0.2) is 0 Å². The third-order valence-corrected chi connectivity index (χ3v) is 3.87. The fraction of sp³-hybridized carbons (Fsp3) is 0.500. The van der Waals surface area contributed by atoms with Crippen LogP contribution in [0, 0.1) is 0 Å². The molecule has 0 amide bonds. The van der Waals surface area contributed by atoms with E-state index in [1.807, 2.05) is 10.9 Å². The molecule has 1 aromatic heterocycles. The van der Waals surface area contributed by atoms with E-state index in [2.05, 4.69) is 33.5 Å². The Balaban J connectivity index is 1.66. The highest BCUT2D eigenvalue weighted by Crippen LogP contribution is 2.25. The Bertz CT molecular complexity index is 600. The van der Waals surface area contributed by atoms with Crippen LogP contribution in [0.5, 0.6) is 0 Å². The molecule has 106 valence electrons. The van der Waals surface area contributed by atoms with Crippen molar-refractivity contribution in [2.24, 2.45) is 0 Å². The maximum Gasteiger partial charge on any atom is 0.206 e. The van der Waals surface area contributed by atoms with Gasteiger partial charge in [-0.25, -0.2) is 4.68 Å². The van der Waals surface area contributed by atoms with E-state index in [1.165, 1.54) is 5.69 Å². The molecule has 2 fully saturated rings. The van der Waals surface area contributed by atoms with Crippen molar-refractivity contribution in [2.75, 3.05) is 44.4 Å². The monoisotopic (exact) mass is 274 g/mol. The fourth-order valence-electron chi connectivity index (χ4n) is 2.81. The van der Waals surface area contributed by atoms with Crippen LogP contribution in [0.2, 0.25) is 0 Å². The number of hydrogen-bond acceptors (Lipinski definition) is 5. The van der Waals surface area contributed by atoms with Gasteiger partial charge in [-0.1, -0.05) is 0 Å². The molecule has 1 N–H and O–H groups in total. The largest absolute Gasteiger partial charge is 0.378 e. The summed E-state index contributed by atoms with van der Waals surface area (Å²) in [5, 5.41) is 8.87. The Labute approximate surface area is 117 Å². The zero-order valence-corrected chi connectivity index (χ0v) is 11.3. The predicted molar refractivity (Wildman–Crippen MR) is 75.8 cm³/mol. The van der Waals surface area contributed by atoms with E-state index < -0.39 is 0 Å². The van der Waals surface area contributed by atoms with E-state index >= 15 is 0 Å². The lowest BCUT2D eigenvalue weighted by Crippen LogP contribution is -2.36. The summed E-state index contributed by atoms with van der Waals surface area (Å²) < 4.78 is 12.9. The van der Waals surface area contributed by atoms with Gasteiger partial charge in [-0.2, -0.15) is 5.10 Å². The molecule has 3 heterocycles. The topological polar surface area (TPSA) is 51.5 Å². The molecule has 0 aliphatic carbocycles. The highest BCUT2D eigenvalue weighted by Gasteiger charge is 2.19. The van der Waals surface area contributed by atoms with Crippen molar-refractivity contribution < 1.29 is 9.47 Å². The Morgan fingerprint density at radius 1 is 1.20 bits per heavy atom. The molecule has 0 radical (unpaired) electrons. The zero-order chi connectivity index (χ0) is 13.4. The van der Waals surface area contributed by atoms with Crippen molar-refractivity contribution in [3.8, 4) is 0 Å².